The number of methoxy groups -OCH3 is 1. The van der Waals surface area contributed by atoms with E-state index < -0.39 is 0 Å². The summed E-state index contributed by atoms with van der Waals surface area (Å²) in [4.78, 5) is 25.6. The number of piperazine rings is 1. The van der Waals surface area contributed by atoms with Crippen molar-refractivity contribution in [2.75, 3.05) is 45.2 Å². The van der Waals surface area contributed by atoms with Crippen molar-refractivity contribution in [1.82, 2.24) is 9.80 Å². The maximum atomic E-state index is 12.7. The second kappa shape index (κ2) is 9.92. The number of carbonyl (C=O) groups is 1. The second-order valence-electron chi connectivity index (χ2n) is 7.61. The SMILES string of the molecule is C#CCOC1=C(OC)C=C2C(N3CCN(C(=O)Nc4ccc(C#N)cc4)CC3)=NC=NC2C1. The zero-order valence-corrected chi connectivity index (χ0v) is 18.3. The Bertz CT molecular complexity index is 1110. The van der Waals surface area contributed by atoms with Crippen molar-refractivity contribution >= 4 is 23.9 Å². The first kappa shape index (κ1) is 22.0. The highest BCUT2D eigenvalue weighted by Gasteiger charge is 2.33. The smallest absolute Gasteiger partial charge is 0.321 e. The molecule has 1 aromatic rings. The van der Waals surface area contributed by atoms with Crippen LogP contribution in [0.2, 0.25) is 0 Å². The van der Waals surface area contributed by atoms with Gasteiger partial charge < -0.3 is 24.6 Å². The monoisotopic (exact) mass is 444 g/mol. The summed E-state index contributed by atoms with van der Waals surface area (Å²) in [5.41, 5.74) is 2.18. The van der Waals surface area contributed by atoms with Crippen LogP contribution in [0.1, 0.15) is 12.0 Å². The maximum absolute atomic E-state index is 12.7. The Kier molecular flexibility index (Phi) is 6.61. The van der Waals surface area contributed by atoms with Crippen molar-refractivity contribution in [3.05, 3.63) is 53.0 Å². The van der Waals surface area contributed by atoms with Gasteiger partial charge in [0.1, 0.15) is 24.5 Å². The average molecular weight is 444 g/mol. The lowest BCUT2D eigenvalue weighted by Gasteiger charge is -2.39. The third-order valence-corrected chi connectivity index (χ3v) is 5.67. The summed E-state index contributed by atoms with van der Waals surface area (Å²) in [5.74, 6) is 4.63. The van der Waals surface area contributed by atoms with Gasteiger partial charge in [-0.25, -0.2) is 9.79 Å². The summed E-state index contributed by atoms with van der Waals surface area (Å²) >= 11 is 0. The number of rotatable bonds is 4. The van der Waals surface area contributed by atoms with Crippen molar-refractivity contribution in [2.24, 2.45) is 9.98 Å². The van der Waals surface area contributed by atoms with E-state index in [-0.39, 0.29) is 18.7 Å². The Hall–Kier alpha value is -4.24. The average Bonchev–Trinajstić information content (AvgIpc) is 2.87. The number of carbonyl (C=O) groups excluding carboxylic acids is 1. The Labute approximate surface area is 192 Å². The molecule has 1 saturated heterocycles. The Balaban J connectivity index is 1.40. The van der Waals surface area contributed by atoms with Crippen LogP contribution in [-0.2, 0) is 9.47 Å². The highest BCUT2D eigenvalue weighted by atomic mass is 16.5. The van der Waals surface area contributed by atoms with Gasteiger partial charge in [-0.1, -0.05) is 5.92 Å². The van der Waals surface area contributed by atoms with Crippen LogP contribution in [0, 0.1) is 23.7 Å². The van der Waals surface area contributed by atoms with Crippen molar-refractivity contribution in [2.45, 2.75) is 12.5 Å². The first-order valence-corrected chi connectivity index (χ1v) is 10.6. The third kappa shape index (κ3) is 4.83. The number of allylic oxidation sites excluding steroid dienone is 1. The third-order valence-electron chi connectivity index (χ3n) is 5.67. The van der Waals surface area contributed by atoms with Crippen LogP contribution in [0.25, 0.3) is 0 Å². The highest BCUT2D eigenvalue weighted by Crippen LogP contribution is 2.31. The van der Waals surface area contributed by atoms with Gasteiger partial charge >= 0.3 is 6.03 Å². The number of amides is 2. The van der Waals surface area contributed by atoms with Gasteiger partial charge in [-0.2, -0.15) is 5.26 Å². The van der Waals surface area contributed by atoms with Gasteiger partial charge in [0, 0.05) is 43.9 Å². The number of hydrogen-bond acceptors (Lipinski definition) is 7. The van der Waals surface area contributed by atoms with Crippen LogP contribution < -0.4 is 5.32 Å². The Morgan fingerprint density at radius 3 is 2.70 bits per heavy atom. The minimum atomic E-state index is -0.166. The number of fused-ring (bicyclic) bond motifs is 1. The number of nitrogens with one attached hydrogen (secondary N) is 1. The van der Waals surface area contributed by atoms with E-state index in [0.29, 0.717) is 55.4 Å². The van der Waals surface area contributed by atoms with Gasteiger partial charge in [0.25, 0.3) is 0 Å². The molecule has 1 N–H and O–H groups in total. The molecule has 1 fully saturated rings. The minimum Gasteiger partial charge on any atom is -0.493 e. The molecule has 2 heterocycles. The summed E-state index contributed by atoms with van der Waals surface area (Å²) in [6.07, 6.45) is 9.37. The summed E-state index contributed by atoms with van der Waals surface area (Å²) in [5, 5.41) is 11.8. The quantitative estimate of drug-likeness (QED) is 0.719. The Morgan fingerprint density at radius 1 is 1.27 bits per heavy atom. The molecule has 1 unspecified atom stereocenters. The van der Waals surface area contributed by atoms with E-state index in [0.717, 1.165) is 11.4 Å². The van der Waals surface area contributed by atoms with Crippen LogP contribution in [0.3, 0.4) is 0 Å². The molecule has 9 heteroatoms. The maximum Gasteiger partial charge on any atom is 0.321 e. The molecule has 33 heavy (non-hydrogen) atoms. The molecular formula is C24H24N6O3. The van der Waals surface area contributed by atoms with Crippen molar-refractivity contribution in [3.63, 3.8) is 0 Å². The molecule has 3 aliphatic rings. The molecule has 168 valence electrons. The predicted octanol–water partition coefficient (Wildman–Crippen LogP) is 2.35. The molecule has 0 spiro atoms. The topological polar surface area (TPSA) is 103 Å². The zero-order valence-electron chi connectivity index (χ0n) is 18.3. The fraction of sp³-hybridized carbons (Fsp3) is 0.333. The molecular weight excluding hydrogens is 420 g/mol. The van der Waals surface area contributed by atoms with Gasteiger partial charge in [-0.15, -0.1) is 6.42 Å². The van der Waals surface area contributed by atoms with Crippen LogP contribution in [0.4, 0.5) is 10.5 Å². The predicted molar refractivity (Wildman–Crippen MR) is 125 cm³/mol. The van der Waals surface area contributed by atoms with E-state index >= 15 is 0 Å². The van der Waals surface area contributed by atoms with Crippen LogP contribution >= 0.6 is 0 Å². The van der Waals surface area contributed by atoms with E-state index in [4.69, 9.17) is 21.2 Å². The number of ether oxygens (including phenoxy) is 2. The molecule has 9 nitrogen and oxygen atoms in total. The first-order chi connectivity index (χ1) is 16.1. The number of urea groups is 1. The summed E-state index contributed by atoms with van der Waals surface area (Å²) in [6.45, 7) is 2.57. The molecule has 0 aromatic heterocycles. The standard InChI is InChI=1S/C24H24N6O3/c1-3-12-33-22-14-20-19(13-21(22)32-2)23(27-16-26-20)29-8-10-30(11-9-29)24(31)28-18-6-4-17(15-25)5-7-18/h1,4-7,13,16,20H,8-12,14H2,2H3,(H,28,31). The fourth-order valence-electron chi connectivity index (χ4n) is 3.94. The molecule has 0 radical (unpaired) electrons. The minimum absolute atomic E-state index is 0.109. The summed E-state index contributed by atoms with van der Waals surface area (Å²) in [7, 11) is 1.60. The van der Waals surface area contributed by atoms with Gasteiger partial charge in [0.05, 0.1) is 24.8 Å². The van der Waals surface area contributed by atoms with Crippen LogP contribution in [0.15, 0.2) is 57.4 Å². The molecule has 4 rings (SSSR count). The number of hydrogen-bond donors (Lipinski definition) is 1. The van der Waals surface area contributed by atoms with Gasteiger partial charge in [0.15, 0.2) is 5.76 Å². The molecule has 2 amide bonds. The summed E-state index contributed by atoms with van der Waals surface area (Å²) in [6, 6.07) is 8.59. The number of aliphatic imine (C=N–C) groups is 2. The number of nitrogens with zero attached hydrogens (tertiary/aromatic N) is 5. The number of amidine groups is 1. The number of benzene rings is 1. The van der Waals surface area contributed by atoms with Crippen molar-refractivity contribution in [1.29, 1.82) is 5.26 Å². The number of anilines is 1. The molecule has 0 bridgehead atoms. The first-order valence-electron chi connectivity index (χ1n) is 10.6. The largest absolute Gasteiger partial charge is 0.493 e. The fourth-order valence-corrected chi connectivity index (χ4v) is 3.94. The zero-order chi connectivity index (χ0) is 23.2. The van der Waals surface area contributed by atoms with E-state index in [1.807, 2.05) is 6.08 Å². The lowest BCUT2D eigenvalue weighted by atomic mass is 9.94. The number of terminal acetylenes is 1. The molecule has 2 aliphatic heterocycles. The van der Waals surface area contributed by atoms with E-state index in [1.54, 1.807) is 42.6 Å². The molecule has 0 saturated carbocycles. The Morgan fingerprint density at radius 2 is 2.03 bits per heavy atom. The van der Waals surface area contributed by atoms with Gasteiger partial charge in [0.2, 0.25) is 0 Å². The lowest BCUT2D eigenvalue weighted by Crippen LogP contribution is -2.53. The normalized spacial score (nSPS) is 19.5. The molecule has 1 aromatic carbocycles. The highest BCUT2D eigenvalue weighted by molar-refractivity contribution is 6.05. The van der Waals surface area contributed by atoms with E-state index in [1.165, 1.54) is 0 Å². The van der Waals surface area contributed by atoms with Gasteiger partial charge in [-0.3, -0.25) is 4.99 Å². The van der Waals surface area contributed by atoms with Gasteiger partial charge in [-0.05, 0) is 30.3 Å². The van der Waals surface area contributed by atoms with Crippen molar-refractivity contribution < 1.29 is 14.3 Å². The summed E-state index contributed by atoms with van der Waals surface area (Å²) < 4.78 is 11.2. The second-order valence-corrected chi connectivity index (χ2v) is 7.61. The number of nitriles is 1. The van der Waals surface area contributed by atoms with E-state index in [9.17, 15) is 4.79 Å². The lowest BCUT2D eigenvalue weighted by molar-refractivity contribution is 0.180. The van der Waals surface area contributed by atoms with Crippen LogP contribution in [-0.4, -0.2) is 73.9 Å². The molecule has 1 atom stereocenters. The molecule has 1 aliphatic carbocycles. The van der Waals surface area contributed by atoms with Crippen LogP contribution in [0.5, 0.6) is 0 Å². The van der Waals surface area contributed by atoms with E-state index in [2.05, 4.69) is 32.2 Å². The van der Waals surface area contributed by atoms with Crippen molar-refractivity contribution in [3.8, 4) is 18.4 Å².